The van der Waals surface area contributed by atoms with Crippen LogP contribution < -0.4 is 4.74 Å². The van der Waals surface area contributed by atoms with Crippen LogP contribution in [-0.4, -0.2) is 15.6 Å². The second kappa shape index (κ2) is 6.57. The molecule has 1 aromatic carbocycles. The second-order valence-corrected chi connectivity index (χ2v) is 5.39. The molecular formula is C17H22N2O2. The largest absolute Gasteiger partial charge is 0.486 e. The molecule has 4 nitrogen and oxygen atoms in total. The van der Waals surface area contributed by atoms with Gasteiger partial charge in [0.05, 0.1) is 11.3 Å². The van der Waals surface area contributed by atoms with Gasteiger partial charge < -0.3 is 4.74 Å². The van der Waals surface area contributed by atoms with E-state index in [-0.39, 0.29) is 5.78 Å². The molecule has 1 aromatic heterocycles. The number of ether oxygens (including phenoxy) is 1. The predicted octanol–water partition coefficient (Wildman–Crippen LogP) is 3.94. The van der Waals surface area contributed by atoms with Crippen LogP contribution in [-0.2, 0) is 6.61 Å². The Balaban J connectivity index is 2.09. The fourth-order valence-electron chi connectivity index (χ4n) is 2.08. The van der Waals surface area contributed by atoms with E-state index in [1.54, 1.807) is 6.92 Å². The summed E-state index contributed by atoms with van der Waals surface area (Å²) in [5.41, 5.74) is 2.54. The first-order chi connectivity index (χ1) is 10.0. The average Bonchev–Trinajstić information content (AvgIpc) is 2.93. The number of nitrogens with zero attached hydrogens (tertiary/aromatic N) is 2. The van der Waals surface area contributed by atoms with Crippen molar-refractivity contribution in [3.05, 3.63) is 47.3 Å². The van der Waals surface area contributed by atoms with Crippen LogP contribution in [0.1, 0.15) is 54.8 Å². The van der Waals surface area contributed by atoms with Gasteiger partial charge in [-0.05, 0) is 45.4 Å². The smallest absolute Gasteiger partial charge is 0.163 e. The SMILES string of the molecule is CCC(C)n1ccc(COc2ccc(C)cc2C(C)=O)n1. The van der Waals surface area contributed by atoms with Gasteiger partial charge in [-0.25, -0.2) is 0 Å². The Morgan fingerprint density at radius 3 is 2.81 bits per heavy atom. The van der Waals surface area contributed by atoms with Crippen molar-refractivity contribution in [3.63, 3.8) is 0 Å². The van der Waals surface area contributed by atoms with E-state index in [0.29, 0.717) is 24.0 Å². The highest BCUT2D eigenvalue weighted by Gasteiger charge is 2.10. The van der Waals surface area contributed by atoms with Crippen molar-refractivity contribution < 1.29 is 9.53 Å². The van der Waals surface area contributed by atoms with Crippen LogP contribution in [0.3, 0.4) is 0 Å². The predicted molar refractivity (Wildman–Crippen MR) is 82.7 cm³/mol. The maximum Gasteiger partial charge on any atom is 0.163 e. The Labute approximate surface area is 125 Å². The number of rotatable bonds is 6. The van der Waals surface area contributed by atoms with Gasteiger partial charge >= 0.3 is 0 Å². The van der Waals surface area contributed by atoms with Gasteiger partial charge in [-0.2, -0.15) is 5.10 Å². The van der Waals surface area contributed by atoms with Crippen molar-refractivity contribution in [2.24, 2.45) is 0 Å². The second-order valence-electron chi connectivity index (χ2n) is 5.39. The minimum Gasteiger partial charge on any atom is -0.486 e. The Kier molecular flexibility index (Phi) is 4.78. The molecule has 0 radical (unpaired) electrons. The molecule has 0 bridgehead atoms. The van der Waals surface area contributed by atoms with Gasteiger partial charge in [-0.1, -0.05) is 18.6 Å². The molecule has 0 aliphatic carbocycles. The van der Waals surface area contributed by atoms with Crippen molar-refractivity contribution in [2.75, 3.05) is 0 Å². The number of carbonyl (C=O) groups excluding carboxylic acids is 1. The minimum atomic E-state index is 0.0128. The molecule has 0 N–H and O–H groups in total. The number of aryl methyl sites for hydroxylation is 1. The lowest BCUT2D eigenvalue weighted by Gasteiger charge is -2.10. The molecule has 4 heteroatoms. The topological polar surface area (TPSA) is 44.1 Å². The van der Waals surface area contributed by atoms with Crippen LogP contribution in [0.2, 0.25) is 0 Å². The first-order valence-electron chi connectivity index (χ1n) is 7.29. The molecule has 21 heavy (non-hydrogen) atoms. The summed E-state index contributed by atoms with van der Waals surface area (Å²) in [6.07, 6.45) is 3.00. The van der Waals surface area contributed by atoms with Crippen molar-refractivity contribution in [1.29, 1.82) is 0 Å². The van der Waals surface area contributed by atoms with E-state index in [0.717, 1.165) is 17.7 Å². The monoisotopic (exact) mass is 286 g/mol. The van der Waals surface area contributed by atoms with Gasteiger partial charge in [0.2, 0.25) is 0 Å². The number of ketones is 1. The Morgan fingerprint density at radius 2 is 2.14 bits per heavy atom. The third-order valence-corrected chi connectivity index (χ3v) is 3.60. The number of Topliss-reactive ketones (excluding diaryl/α,β-unsaturated/α-hetero) is 1. The van der Waals surface area contributed by atoms with E-state index < -0.39 is 0 Å². The molecule has 1 atom stereocenters. The van der Waals surface area contributed by atoms with Gasteiger partial charge in [0.15, 0.2) is 5.78 Å². The molecule has 0 aliphatic heterocycles. The average molecular weight is 286 g/mol. The fraction of sp³-hybridized carbons (Fsp3) is 0.412. The van der Waals surface area contributed by atoms with Crippen molar-refractivity contribution in [2.45, 2.75) is 46.8 Å². The van der Waals surface area contributed by atoms with Crippen molar-refractivity contribution in [3.8, 4) is 5.75 Å². The van der Waals surface area contributed by atoms with Gasteiger partial charge in [-0.15, -0.1) is 0 Å². The van der Waals surface area contributed by atoms with Crippen LogP contribution >= 0.6 is 0 Å². The van der Waals surface area contributed by atoms with E-state index >= 15 is 0 Å². The first-order valence-corrected chi connectivity index (χ1v) is 7.29. The van der Waals surface area contributed by atoms with E-state index in [9.17, 15) is 4.79 Å². The zero-order valence-electron chi connectivity index (χ0n) is 13.1. The molecule has 2 rings (SSSR count). The molecular weight excluding hydrogens is 264 g/mol. The van der Waals surface area contributed by atoms with Crippen LogP contribution in [0.25, 0.3) is 0 Å². The molecule has 1 heterocycles. The highest BCUT2D eigenvalue weighted by molar-refractivity contribution is 5.97. The van der Waals surface area contributed by atoms with E-state index in [1.165, 1.54) is 0 Å². The van der Waals surface area contributed by atoms with Gasteiger partial charge in [0.25, 0.3) is 0 Å². The Morgan fingerprint density at radius 1 is 1.38 bits per heavy atom. The molecule has 0 amide bonds. The van der Waals surface area contributed by atoms with Gasteiger partial charge in [0, 0.05) is 12.2 Å². The van der Waals surface area contributed by atoms with E-state index in [1.807, 2.05) is 42.1 Å². The Hall–Kier alpha value is -2.10. The number of carbonyl (C=O) groups is 1. The third kappa shape index (κ3) is 3.72. The third-order valence-electron chi connectivity index (χ3n) is 3.60. The summed E-state index contributed by atoms with van der Waals surface area (Å²) in [7, 11) is 0. The summed E-state index contributed by atoms with van der Waals surface area (Å²) in [4.78, 5) is 11.7. The number of hydrogen-bond donors (Lipinski definition) is 0. The lowest BCUT2D eigenvalue weighted by atomic mass is 10.1. The number of hydrogen-bond acceptors (Lipinski definition) is 3. The zero-order valence-corrected chi connectivity index (χ0v) is 13.1. The summed E-state index contributed by atoms with van der Waals surface area (Å²) >= 11 is 0. The van der Waals surface area contributed by atoms with Crippen LogP contribution in [0.15, 0.2) is 30.5 Å². The maximum atomic E-state index is 11.7. The normalized spacial score (nSPS) is 12.2. The minimum absolute atomic E-state index is 0.0128. The molecule has 0 spiro atoms. The molecule has 0 fully saturated rings. The van der Waals surface area contributed by atoms with E-state index in [2.05, 4.69) is 18.9 Å². The summed E-state index contributed by atoms with van der Waals surface area (Å²) in [5.74, 6) is 0.630. The highest BCUT2D eigenvalue weighted by atomic mass is 16.5. The van der Waals surface area contributed by atoms with Crippen LogP contribution in [0.4, 0.5) is 0 Å². The molecule has 1 unspecified atom stereocenters. The highest BCUT2D eigenvalue weighted by Crippen LogP contribution is 2.21. The number of benzene rings is 1. The molecule has 112 valence electrons. The number of aromatic nitrogens is 2. The summed E-state index contributed by atoms with van der Waals surface area (Å²) in [6, 6.07) is 7.98. The summed E-state index contributed by atoms with van der Waals surface area (Å²) < 4.78 is 7.71. The molecule has 0 saturated carbocycles. The molecule has 0 aliphatic rings. The maximum absolute atomic E-state index is 11.7. The zero-order chi connectivity index (χ0) is 15.4. The summed E-state index contributed by atoms with van der Waals surface area (Å²) in [5, 5.41) is 4.49. The summed E-state index contributed by atoms with van der Waals surface area (Å²) in [6.45, 7) is 8.15. The van der Waals surface area contributed by atoms with Gasteiger partial charge in [0.1, 0.15) is 12.4 Å². The fourth-order valence-corrected chi connectivity index (χ4v) is 2.08. The first kappa shape index (κ1) is 15.3. The van der Waals surface area contributed by atoms with Gasteiger partial charge in [-0.3, -0.25) is 9.48 Å². The van der Waals surface area contributed by atoms with Crippen LogP contribution in [0, 0.1) is 6.92 Å². The molecule has 2 aromatic rings. The quantitative estimate of drug-likeness (QED) is 0.755. The lowest BCUT2D eigenvalue weighted by Crippen LogP contribution is -2.06. The van der Waals surface area contributed by atoms with E-state index in [4.69, 9.17) is 4.74 Å². The Bertz CT molecular complexity index is 631. The van der Waals surface area contributed by atoms with Crippen molar-refractivity contribution in [1.82, 2.24) is 9.78 Å². The van der Waals surface area contributed by atoms with Crippen molar-refractivity contribution >= 4 is 5.78 Å². The van der Waals surface area contributed by atoms with Crippen LogP contribution in [0.5, 0.6) is 5.75 Å². The molecule has 0 saturated heterocycles. The lowest BCUT2D eigenvalue weighted by molar-refractivity contribution is 0.101. The standard InChI is InChI=1S/C17H22N2O2/c1-5-13(3)19-9-8-15(18-19)11-21-17-7-6-12(2)10-16(17)14(4)20/h6-10,13H,5,11H2,1-4H3.